The van der Waals surface area contributed by atoms with Crippen LogP contribution in [0.15, 0.2) is 66.5 Å². The van der Waals surface area contributed by atoms with Crippen LogP contribution in [0.1, 0.15) is 24.1 Å². The first-order valence-corrected chi connectivity index (χ1v) is 9.00. The van der Waals surface area contributed by atoms with E-state index in [9.17, 15) is 4.79 Å². The standard InChI is InChI=1S/C21H20N4O3/c1-3-28-20(26)17-18(14-7-5-4-6-8-14)24-21-22-13-23-25(21)19(17)15-9-11-16(27-2)12-10-15/h4-13,19H,3H2,1-2H3,(H,22,23,24). The molecule has 1 aliphatic heterocycles. The van der Waals surface area contributed by atoms with Crippen molar-refractivity contribution in [2.24, 2.45) is 0 Å². The zero-order valence-electron chi connectivity index (χ0n) is 15.6. The molecule has 7 heteroatoms. The van der Waals surface area contributed by atoms with Crippen molar-refractivity contribution in [2.45, 2.75) is 13.0 Å². The van der Waals surface area contributed by atoms with Crippen molar-refractivity contribution in [1.82, 2.24) is 14.8 Å². The van der Waals surface area contributed by atoms with E-state index in [2.05, 4.69) is 15.4 Å². The molecule has 0 bridgehead atoms. The molecular weight excluding hydrogens is 356 g/mol. The van der Waals surface area contributed by atoms with Gasteiger partial charge >= 0.3 is 5.97 Å². The average molecular weight is 376 g/mol. The number of anilines is 1. The monoisotopic (exact) mass is 376 g/mol. The van der Waals surface area contributed by atoms with E-state index >= 15 is 0 Å². The van der Waals surface area contributed by atoms with Gasteiger partial charge in [0, 0.05) is 0 Å². The lowest BCUT2D eigenvalue weighted by Gasteiger charge is -2.29. The maximum absolute atomic E-state index is 13.0. The van der Waals surface area contributed by atoms with E-state index < -0.39 is 12.0 Å². The van der Waals surface area contributed by atoms with Crippen molar-refractivity contribution in [3.05, 3.63) is 77.6 Å². The third-order valence-electron chi connectivity index (χ3n) is 4.59. The van der Waals surface area contributed by atoms with Gasteiger partial charge in [0.1, 0.15) is 18.1 Å². The molecule has 7 nitrogen and oxygen atoms in total. The van der Waals surface area contributed by atoms with Crippen molar-refractivity contribution in [1.29, 1.82) is 0 Å². The molecule has 3 aromatic rings. The van der Waals surface area contributed by atoms with Crippen LogP contribution in [0.25, 0.3) is 5.70 Å². The molecule has 2 aromatic carbocycles. The summed E-state index contributed by atoms with van der Waals surface area (Å²) in [5.74, 6) is 0.907. The molecule has 1 unspecified atom stereocenters. The first-order valence-electron chi connectivity index (χ1n) is 9.00. The molecule has 2 heterocycles. The van der Waals surface area contributed by atoms with E-state index in [0.29, 0.717) is 17.2 Å². The van der Waals surface area contributed by atoms with Crippen molar-refractivity contribution in [3.8, 4) is 5.75 Å². The Bertz CT molecular complexity index is 1010. The molecule has 0 aliphatic carbocycles. The molecule has 1 atom stereocenters. The highest BCUT2D eigenvalue weighted by Gasteiger charge is 2.36. The van der Waals surface area contributed by atoms with Gasteiger partial charge in [0.15, 0.2) is 0 Å². The van der Waals surface area contributed by atoms with E-state index in [-0.39, 0.29) is 6.61 Å². The van der Waals surface area contributed by atoms with Gasteiger partial charge in [-0.3, -0.25) is 0 Å². The summed E-state index contributed by atoms with van der Waals surface area (Å²) in [5.41, 5.74) is 2.90. The van der Waals surface area contributed by atoms with Gasteiger partial charge in [-0.2, -0.15) is 10.1 Å². The molecule has 1 N–H and O–H groups in total. The lowest BCUT2D eigenvalue weighted by Crippen LogP contribution is -2.30. The van der Waals surface area contributed by atoms with Gasteiger partial charge in [-0.1, -0.05) is 42.5 Å². The van der Waals surface area contributed by atoms with E-state index in [1.165, 1.54) is 6.33 Å². The van der Waals surface area contributed by atoms with Crippen LogP contribution in [0.5, 0.6) is 5.75 Å². The minimum absolute atomic E-state index is 0.282. The van der Waals surface area contributed by atoms with Crippen molar-refractivity contribution < 1.29 is 14.3 Å². The number of methoxy groups -OCH3 is 1. The molecule has 0 radical (unpaired) electrons. The van der Waals surface area contributed by atoms with E-state index in [4.69, 9.17) is 9.47 Å². The largest absolute Gasteiger partial charge is 0.497 e. The van der Waals surface area contributed by atoms with Gasteiger partial charge in [-0.25, -0.2) is 9.48 Å². The minimum Gasteiger partial charge on any atom is -0.497 e. The second kappa shape index (κ2) is 7.56. The third kappa shape index (κ3) is 3.11. The summed E-state index contributed by atoms with van der Waals surface area (Å²) < 4.78 is 12.4. The van der Waals surface area contributed by atoms with Gasteiger partial charge in [0.25, 0.3) is 0 Å². The first-order chi connectivity index (χ1) is 13.7. The zero-order chi connectivity index (χ0) is 19.5. The zero-order valence-corrected chi connectivity index (χ0v) is 15.6. The number of esters is 1. The number of hydrogen-bond donors (Lipinski definition) is 1. The Hall–Kier alpha value is -3.61. The highest BCUT2D eigenvalue weighted by atomic mass is 16.5. The van der Waals surface area contributed by atoms with Crippen molar-refractivity contribution in [2.75, 3.05) is 19.0 Å². The van der Waals surface area contributed by atoms with Crippen LogP contribution < -0.4 is 10.1 Å². The van der Waals surface area contributed by atoms with Crippen molar-refractivity contribution >= 4 is 17.6 Å². The fourth-order valence-corrected chi connectivity index (χ4v) is 3.32. The normalized spacial score (nSPS) is 15.6. The van der Waals surface area contributed by atoms with Crippen LogP contribution in [0.3, 0.4) is 0 Å². The maximum Gasteiger partial charge on any atom is 0.338 e. The molecule has 0 spiro atoms. The maximum atomic E-state index is 13.0. The highest BCUT2D eigenvalue weighted by Crippen LogP contribution is 2.39. The molecule has 1 aromatic heterocycles. The molecule has 1 aliphatic rings. The second-order valence-corrected chi connectivity index (χ2v) is 6.20. The van der Waals surface area contributed by atoms with Crippen LogP contribution in [0.4, 0.5) is 5.95 Å². The first kappa shape index (κ1) is 17.8. The van der Waals surface area contributed by atoms with Crippen LogP contribution in [-0.4, -0.2) is 34.5 Å². The van der Waals surface area contributed by atoms with E-state index in [1.807, 2.05) is 54.6 Å². The molecule has 0 saturated carbocycles. The summed E-state index contributed by atoms with van der Waals surface area (Å²) in [6.45, 7) is 2.07. The second-order valence-electron chi connectivity index (χ2n) is 6.20. The van der Waals surface area contributed by atoms with Crippen molar-refractivity contribution in [3.63, 3.8) is 0 Å². The highest BCUT2D eigenvalue weighted by molar-refractivity contribution is 6.02. The van der Waals surface area contributed by atoms with Crippen LogP contribution >= 0.6 is 0 Å². The fraction of sp³-hybridized carbons (Fsp3) is 0.190. The Morgan fingerprint density at radius 2 is 1.89 bits per heavy atom. The summed E-state index contributed by atoms with van der Waals surface area (Å²) in [6.07, 6.45) is 1.47. The molecule has 4 rings (SSSR count). The summed E-state index contributed by atoms with van der Waals surface area (Å²) in [4.78, 5) is 17.3. The minimum atomic E-state index is -0.473. The number of fused-ring (bicyclic) bond motifs is 1. The quantitative estimate of drug-likeness (QED) is 0.689. The van der Waals surface area contributed by atoms with Gasteiger partial charge in [-0.05, 0) is 30.2 Å². The molecule has 142 valence electrons. The van der Waals surface area contributed by atoms with Gasteiger partial charge in [0.05, 0.1) is 25.0 Å². The summed E-state index contributed by atoms with van der Waals surface area (Å²) in [5, 5.41) is 7.60. The Morgan fingerprint density at radius 3 is 2.57 bits per heavy atom. The molecule has 0 saturated heterocycles. The van der Waals surface area contributed by atoms with Crippen LogP contribution in [0.2, 0.25) is 0 Å². The van der Waals surface area contributed by atoms with E-state index in [0.717, 1.165) is 16.9 Å². The number of carbonyl (C=O) groups excluding carboxylic acids is 1. The number of carbonyl (C=O) groups is 1. The topological polar surface area (TPSA) is 78.3 Å². The Kier molecular flexibility index (Phi) is 4.80. The van der Waals surface area contributed by atoms with Gasteiger partial charge < -0.3 is 14.8 Å². The Balaban J connectivity index is 1.93. The lowest BCUT2D eigenvalue weighted by atomic mass is 9.93. The molecule has 28 heavy (non-hydrogen) atoms. The number of hydrogen-bond acceptors (Lipinski definition) is 6. The number of benzene rings is 2. The molecule has 0 fully saturated rings. The number of nitrogens with one attached hydrogen (secondary N) is 1. The van der Waals surface area contributed by atoms with Gasteiger partial charge in [-0.15, -0.1) is 0 Å². The molecule has 0 amide bonds. The fourth-order valence-electron chi connectivity index (χ4n) is 3.32. The smallest absolute Gasteiger partial charge is 0.338 e. The van der Waals surface area contributed by atoms with Crippen LogP contribution in [0, 0.1) is 0 Å². The number of ether oxygens (including phenoxy) is 2. The predicted octanol–water partition coefficient (Wildman–Crippen LogP) is 3.28. The van der Waals surface area contributed by atoms with E-state index in [1.54, 1.807) is 18.7 Å². The summed E-state index contributed by atoms with van der Waals surface area (Å²) in [7, 11) is 1.62. The third-order valence-corrected chi connectivity index (χ3v) is 4.59. The number of aromatic nitrogens is 3. The molecular formula is C21H20N4O3. The lowest BCUT2D eigenvalue weighted by molar-refractivity contribution is -0.138. The Morgan fingerprint density at radius 1 is 1.14 bits per heavy atom. The van der Waals surface area contributed by atoms with Crippen LogP contribution in [-0.2, 0) is 9.53 Å². The summed E-state index contributed by atoms with van der Waals surface area (Å²) in [6, 6.07) is 16.8. The average Bonchev–Trinajstić information content (AvgIpc) is 3.21. The number of nitrogens with zero attached hydrogens (tertiary/aromatic N) is 3. The SMILES string of the molecule is CCOC(=O)C1=C(c2ccccc2)Nc2ncnn2C1c1ccc(OC)cc1. The number of rotatable bonds is 5. The summed E-state index contributed by atoms with van der Waals surface area (Å²) >= 11 is 0. The Labute approximate surface area is 162 Å². The van der Waals surface area contributed by atoms with Gasteiger partial charge in [0.2, 0.25) is 5.95 Å². The predicted molar refractivity (Wildman–Crippen MR) is 105 cm³/mol.